The van der Waals surface area contributed by atoms with Crippen LogP contribution in [-0.4, -0.2) is 34.4 Å². The van der Waals surface area contributed by atoms with Crippen molar-refractivity contribution in [3.05, 3.63) is 40.2 Å². The van der Waals surface area contributed by atoms with E-state index in [0.717, 1.165) is 47.6 Å². The Balaban J connectivity index is 1.87. The molecule has 23 heavy (non-hydrogen) atoms. The number of likely N-dealkylation sites (tertiary alicyclic amines) is 1. The molecule has 2 unspecified atom stereocenters. The van der Waals surface area contributed by atoms with Gasteiger partial charge in [0.1, 0.15) is 0 Å². The van der Waals surface area contributed by atoms with E-state index in [0.29, 0.717) is 0 Å². The molecule has 2 aromatic rings. The number of thiazole rings is 1. The van der Waals surface area contributed by atoms with E-state index in [1.807, 2.05) is 48.4 Å². The summed E-state index contributed by atoms with van der Waals surface area (Å²) in [5.74, 6) is 0.0841. The average molecular weight is 329 g/mol. The third kappa shape index (κ3) is 3.46. The summed E-state index contributed by atoms with van der Waals surface area (Å²) in [5.41, 5.74) is 8.75. The zero-order valence-corrected chi connectivity index (χ0v) is 14.5. The number of amides is 1. The van der Waals surface area contributed by atoms with Gasteiger partial charge in [-0.1, -0.05) is 12.1 Å². The van der Waals surface area contributed by atoms with Gasteiger partial charge in [0.25, 0.3) is 5.91 Å². The molecule has 1 fully saturated rings. The molecule has 122 valence electrons. The van der Waals surface area contributed by atoms with Crippen molar-refractivity contribution in [1.82, 2.24) is 9.88 Å². The van der Waals surface area contributed by atoms with Gasteiger partial charge in [-0.2, -0.15) is 0 Å². The maximum atomic E-state index is 13.0. The van der Waals surface area contributed by atoms with Crippen molar-refractivity contribution < 1.29 is 4.79 Å². The summed E-state index contributed by atoms with van der Waals surface area (Å²) in [5, 5.41) is 3.06. The van der Waals surface area contributed by atoms with Gasteiger partial charge >= 0.3 is 0 Å². The van der Waals surface area contributed by atoms with Crippen LogP contribution in [0.15, 0.2) is 29.6 Å². The van der Waals surface area contributed by atoms with Gasteiger partial charge in [0.15, 0.2) is 0 Å². The number of piperidine rings is 1. The van der Waals surface area contributed by atoms with Crippen LogP contribution >= 0.6 is 11.3 Å². The van der Waals surface area contributed by atoms with E-state index in [9.17, 15) is 4.79 Å². The fourth-order valence-corrected chi connectivity index (χ4v) is 3.85. The molecule has 0 bridgehead atoms. The number of nitrogens with zero attached hydrogens (tertiary/aromatic N) is 2. The molecule has 1 aliphatic heterocycles. The predicted molar refractivity (Wildman–Crippen MR) is 94.6 cm³/mol. The molecule has 5 heteroatoms. The first-order valence-corrected chi connectivity index (χ1v) is 9.03. The van der Waals surface area contributed by atoms with Gasteiger partial charge in [0.2, 0.25) is 0 Å². The summed E-state index contributed by atoms with van der Waals surface area (Å²) in [6.45, 7) is 4.78. The number of aromatic nitrogens is 1. The minimum absolute atomic E-state index is 0.00335. The monoisotopic (exact) mass is 329 g/mol. The number of aryl methyl sites for hydroxylation is 1. The second-order valence-electron chi connectivity index (χ2n) is 6.25. The molecule has 1 aliphatic rings. The highest BCUT2D eigenvalue weighted by Crippen LogP contribution is 2.25. The zero-order chi connectivity index (χ0) is 16.4. The van der Waals surface area contributed by atoms with Gasteiger partial charge in [-0.15, -0.1) is 11.3 Å². The maximum Gasteiger partial charge on any atom is 0.254 e. The second kappa shape index (κ2) is 6.81. The van der Waals surface area contributed by atoms with Crippen molar-refractivity contribution in [2.45, 2.75) is 45.2 Å². The minimum atomic E-state index is 0.00335. The van der Waals surface area contributed by atoms with Crippen molar-refractivity contribution in [2.24, 2.45) is 5.73 Å². The molecule has 0 radical (unpaired) electrons. The highest BCUT2D eigenvalue weighted by molar-refractivity contribution is 7.09. The summed E-state index contributed by atoms with van der Waals surface area (Å²) in [4.78, 5) is 19.4. The molecular formula is C18H23N3OS. The van der Waals surface area contributed by atoms with Crippen LogP contribution in [0.5, 0.6) is 0 Å². The van der Waals surface area contributed by atoms with Crippen LogP contribution in [-0.2, 0) is 0 Å². The van der Waals surface area contributed by atoms with Crippen LogP contribution in [0.1, 0.15) is 41.6 Å². The lowest BCUT2D eigenvalue weighted by Gasteiger charge is -2.38. The van der Waals surface area contributed by atoms with Gasteiger partial charge in [0.05, 0.1) is 10.7 Å². The molecule has 1 aromatic heterocycles. The predicted octanol–water partition coefficient (Wildman–Crippen LogP) is 3.46. The van der Waals surface area contributed by atoms with E-state index in [4.69, 9.17) is 5.73 Å². The molecule has 0 aliphatic carbocycles. The Morgan fingerprint density at radius 2 is 2.26 bits per heavy atom. The molecule has 1 saturated heterocycles. The standard InChI is InChI=1S/C18H23N3OS/c1-12(19)17-8-3-4-9-21(17)18(22)15-7-5-6-14(10-15)16-11-23-13(2)20-16/h5-7,10-12,17H,3-4,8-9,19H2,1-2H3. The maximum absolute atomic E-state index is 13.0. The van der Waals surface area contributed by atoms with E-state index < -0.39 is 0 Å². The van der Waals surface area contributed by atoms with Gasteiger partial charge in [-0.05, 0) is 45.2 Å². The van der Waals surface area contributed by atoms with Crippen LogP contribution in [0, 0.1) is 6.92 Å². The van der Waals surface area contributed by atoms with E-state index >= 15 is 0 Å². The van der Waals surface area contributed by atoms with Gasteiger partial charge in [0, 0.05) is 35.1 Å². The topological polar surface area (TPSA) is 59.2 Å². The summed E-state index contributed by atoms with van der Waals surface area (Å²) in [6.07, 6.45) is 3.20. The Morgan fingerprint density at radius 3 is 2.96 bits per heavy atom. The van der Waals surface area contributed by atoms with E-state index in [1.54, 1.807) is 11.3 Å². The normalized spacial score (nSPS) is 19.6. The lowest BCUT2D eigenvalue weighted by molar-refractivity contribution is 0.0584. The number of hydrogen-bond donors (Lipinski definition) is 1. The smallest absolute Gasteiger partial charge is 0.254 e. The zero-order valence-electron chi connectivity index (χ0n) is 13.7. The number of hydrogen-bond acceptors (Lipinski definition) is 4. The average Bonchev–Trinajstić information content (AvgIpc) is 3.01. The Kier molecular flexibility index (Phi) is 4.78. The van der Waals surface area contributed by atoms with Crippen LogP contribution in [0.25, 0.3) is 11.3 Å². The van der Waals surface area contributed by atoms with Crippen LogP contribution in [0.3, 0.4) is 0 Å². The number of rotatable bonds is 3. The third-order valence-corrected chi connectivity index (χ3v) is 5.21. The molecule has 2 N–H and O–H groups in total. The van der Waals surface area contributed by atoms with E-state index in [1.165, 1.54) is 0 Å². The Bertz CT molecular complexity index is 695. The van der Waals surface area contributed by atoms with Gasteiger partial charge < -0.3 is 10.6 Å². The largest absolute Gasteiger partial charge is 0.334 e. The third-order valence-electron chi connectivity index (χ3n) is 4.44. The van der Waals surface area contributed by atoms with Crippen LogP contribution in [0.2, 0.25) is 0 Å². The molecule has 1 aromatic carbocycles. The number of benzene rings is 1. The minimum Gasteiger partial charge on any atom is -0.334 e. The quantitative estimate of drug-likeness (QED) is 0.938. The van der Waals surface area contributed by atoms with Crippen molar-refractivity contribution in [2.75, 3.05) is 6.54 Å². The van der Waals surface area contributed by atoms with Crippen molar-refractivity contribution >= 4 is 17.2 Å². The molecular weight excluding hydrogens is 306 g/mol. The number of carbonyl (C=O) groups is 1. The first-order valence-electron chi connectivity index (χ1n) is 8.15. The fourth-order valence-electron chi connectivity index (χ4n) is 3.23. The van der Waals surface area contributed by atoms with E-state index in [-0.39, 0.29) is 18.0 Å². The first-order chi connectivity index (χ1) is 11.1. The summed E-state index contributed by atoms with van der Waals surface area (Å²) < 4.78 is 0. The summed E-state index contributed by atoms with van der Waals surface area (Å²) >= 11 is 1.62. The highest BCUT2D eigenvalue weighted by Gasteiger charge is 2.29. The van der Waals surface area contributed by atoms with E-state index in [2.05, 4.69) is 4.98 Å². The first kappa shape index (κ1) is 16.1. The lowest BCUT2D eigenvalue weighted by atomic mass is 9.95. The van der Waals surface area contributed by atoms with Crippen LogP contribution in [0.4, 0.5) is 0 Å². The van der Waals surface area contributed by atoms with Crippen molar-refractivity contribution in [3.8, 4) is 11.3 Å². The van der Waals surface area contributed by atoms with Crippen molar-refractivity contribution in [3.63, 3.8) is 0 Å². The molecule has 1 amide bonds. The number of nitrogens with two attached hydrogens (primary N) is 1. The second-order valence-corrected chi connectivity index (χ2v) is 7.32. The molecule has 0 saturated carbocycles. The molecule has 4 nitrogen and oxygen atoms in total. The Hall–Kier alpha value is -1.72. The van der Waals surface area contributed by atoms with Crippen molar-refractivity contribution in [1.29, 1.82) is 0 Å². The Morgan fingerprint density at radius 1 is 1.43 bits per heavy atom. The SMILES string of the molecule is Cc1nc(-c2cccc(C(=O)N3CCCCC3C(C)N)c2)cs1. The summed E-state index contributed by atoms with van der Waals surface area (Å²) in [7, 11) is 0. The lowest BCUT2D eigenvalue weighted by Crippen LogP contribution is -2.51. The van der Waals surface area contributed by atoms with Gasteiger partial charge in [-0.3, -0.25) is 4.79 Å². The molecule has 2 heterocycles. The molecule has 3 rings (SSSR count). The highest BCUT2D eigenvalue weighted by atomic mass is 32.1. The molecule has 2 atom stereocenters. The van der Waals surface area contributed by atoms with Gasteiger partial charge in [-0.25, -0.2) is 4.98 Å². The Labute approximate surface area is 141 Å². The van der Waals surface area contributed by atoms with Crippen LogP contribution < -0.4 is 5.73 Å². The summed E-state index contributed by atoms with van der Waals surface area (Å²) in [6, 6.07) is 7.92. The molecule has 0 spiro atoms. The fraction of sp³-hybridized carbons (Fsp3) is 0.444. The number of carbonyl (C=O) groups excluding carboxylic acids is 1.